The van der Waals surface area contributed by atoms with Crippen LogP contribution in [-0.4, -0.2) is 24.1 Å². The Morgan fingerprint density at radius 1 is 1.21 bits per heavy atom. The molecule has 0 aliphatic heterocycles. The number of allylic oxidation sites excluding steroid dienone is 4. The quantitative estimate of drug-likeness (QED) is 0.623. The number of hydrogen-bond acceptors (Lipinski definition) is 4. The van der Waals surface area contributed by atoms with Gasteiger partial charge in [0.05, 0.1) is 6.61 Å². The Labute approximate surface area is 174 Å². The van der Waals surface area contributed by atoms with Gasteiger partial charge in [0, 0.05) is 30.1 Å². The number of hydrogen-bond donors (Lipinski definition) is 0. The largest absolute Gasteiger partial charge is 0.465 e. The molecule has 29 heavy (non-hydrogen) atoms. The van der Waals surface area contributed by atoms with Gasteiger partial charge in [-0.2, -0.15) is 0 Å². The van der Waals surface area contributed by atoms with Crippen LogP contribution in [0, 0.1) is 35.0 Å². The highest BCUT2D eigenvalue weighted by Gasteiger charge is 2.57. The van der Waals surface area contributed by atoms with Crippen molar-refractivity contribution in [1.82, 2.24) is 0 Å². The van der Waals surface area contributed by atoms with Crippen LogP contribution in [0.4, 0.5) is 0 Å². The maximum absolute atomic E-state index is 12.8. The second-order valence-electron chi connectivity index (χ2n) is 9.89. The van der Waals surface area contributed by atoms with Gasteiger partial charge in [0.2, 0.25) is 0 Å². The molecule has 0 aromatic heterocycles. The van der Waals surface area contributed by atoms with Gasteiger partial charge in [-0.1, -0.05) is 31.4 Å². The van der Waals surface area contributed by atoms with Gasteiger partial charge in [0.15, 0.2) is 5.78 Å². The number of unbranched alkanes of at least 4 members (excludes halogenated alkanes) is 1. The number of esters is 1. The van der Waals surface area contributed by atoms with Crippen LogP contribution in [0.1, 0.15) is 72.1 Å². The van der Waals surface area contributed by atoms with Gasteiger partial charge < -0.3 is 4.74 Å². The molecular weight excluding hydrogens is 364 g/mol. The van der Waals surface area contributed by atoms with E-state index in [2.05, 4.69) is 20.8 Å². The second kappa shape index (κ2) is 7.85. The van der Waals surface area contributed by atoms with E-state index in [1.807, 2.05) is 12.2 Å². The molecule has 158 valence electrons. The molecule has 0 amide bonds. The molecule has 3 fully saturated rings. The van der Waals surface area contributed by atoms with Crippen LogP contribution in [-0.2, 0) is 19.1 Å². The number of ether oxygens (including phenoxy) is 1. The Morgan fingerprint density at radius 2 is 2.00 bits per heavy atom. The summed E-state index contributed by atoms with van der Waals surface area (Å²) in [5.41, 5.74) is 2.41. The van der Waals surface area contributed by atoms with Crippen LogP contribution < -0.4 is 0 Å². The number of carbonyl (C=O) groups excluding carboxylic acids is 3. The fourth-order valence-corrected chi connectivity index (χ4v) is 6.97. The minimum absolute atomic E-state index is 0.0597. The molecule has 6 atom stereocenters. The topological polar surface area (TPSA) is 60.4 Å². The molecule has 0 aromatic carbocycles. The van der Waals surface area contributed by atoms with Crippen molar-refractivity contribution in [2.45, 2.75) is 72.1 Å². The number of fused-ring (bicyclic) bond motifs is 5. The third-order valence-corrected chi connectivity index (χ3v) is 8.53. The molecule has 0 bridgehead atoms. The Balaban J connectivity index is 1.54. The highest BCUT2D eigenvalue weighted by Crippen LogP contribution is 2.62. The number of ketones is 2. The predicted octanol–water partition coefficient (Wildman–Crippen LogP) is 4.82. The zero-order chi connectivity index (χ0) is 20.8. The first-order chi connectivity index (χ1) is 13.9. The van der Waals surface area contributed by atoms with Gasteiger partial charge in [0.1, 0.15) is 5.78 Å². The van der Waals surface area contributed by atoms with Crippen molar-refractivity contribution in [3.63, 3.8) is 0 Å². The van der Waals surface area contributed by atoms with Gasteiger partial charge in [0.25, 0.3) is 0 Å². The molecule has 4 rings (SSSR count). The van der Waals surface area contributed by atoms with E-state index in [4.69, 9.17) is 4.74 Å². The molecule has 0 spiro atoms. The Bertz CT molecular complexity index is 776. The van der Waals surface area contributed by atoms with Gasteiger partial charge in [-0.05, 0) is 68.9 Å². The maximum Gasteiger partial charge on any atom is 0.305 e. The second-order valence-corrected chi connectivity index (χ2v) is 9.89. The summed E-state index contributed by atoms with van der Waals surface area (Å²) in [6.07, 6.45) is 10.5. The summed E-state index contributed by atoms with van der Waals surface area (Å²) in [5, 5.41) is 0. The standard InChI is InChI=1S/C25H34O4/c1-4-5-6-23(28)29-14-16-12-22(27)20-9-10-21-19(24(16)20)8-7-17-13-18(26)11-15(2)25(17,21)3/h11,13,16,19-21,24H,4-10,12,14H2,1-3H3. The van der Waals surface area contributed by atoms with Crippen molar-refractivity contribution in [2.24, 2.45) is 35.0 Å². The Hall–Kier alpha value is -1.71. The third-order valence-electron chi connectivity index (χ3n) is 8.53. The summed E-state index contributed by atoms with van der Waals surface area (Å²) in [7, 11) is 0. The van der Waals surface area contributed by atoms with Crippen molar-refractivity contribution in [3.8, 4) is 0 Å². The summed E-state index contributed by atoms with van der Waals surface area (Å²) >= 11 is 0. The first kappa shape index (κ1) is 20.6. The van der Waals surface area contributed by atoms with Crippen molar-refractivity contribution in [1.29, 1.82) is 0 Å². The summed E-state index contributed by atoms with van der Waals surface area (Å²) in [6.45, 7) is 6.87. The van der Waals surface area contributed by atoms with Crippen molar-refractivity contribution >= 4 is 17.5 Å². The van der Waals surface area contributed by atoms with Crippen LogP contribution in [0.3, 0.4) is 0 Å². The van der Waals surface area contributed by atoms with Gasteiger partial charge in [-0.15, -0.1) is 0 Å². The molecule has 0 N–H and O–H groups in total. The molecule has 4 nitrogen and oxygen atoms in total. The van der Waals surface area contributed by atoms with E-state index in [1.165, 1.54) is 11.1 Å². The SMILES string of the molecule is CCCCC(=O)OCC1CC(=O)C2CCC3C(CCC4=CC(=O)C=C(C)C43C)C12. The van der Waals surface area contributed by atoms with Crippen molar-refractivity contribution in [2.75, 3.05) is 6.61 Å². The first-order valence-corrected chi connectivity index (χ1v) is 11.5. The summed E-state index contributed by atoms with van der Waals surface area (Å²) < 4.78 is 5.61. The first-order valence-electron chi connectivity index (χ1n) is 11.5. The van der Waals surface area contributed by atoms with Crippen LogP contribution >= 0.6 is 0 Å². The fraction of sp³-hybridized carbons (Fsp3) is 0.720. The lowest BCUT2D eigenvalue weighted by molar-refractivity contribution is -0.146. The van der Waals surface area contributed by atoms with Crippen molar-refractivity contribution < 1.29 is 19.1 Å². The van der Waals surface area contributed by atoms with E-state index in [9.17, 15) is 14.4 Å². The monoisotopic (exact) mass is 398 g/mol. The van der Waals surface area contributed by atoms with E-state index in [-0.39, 0.29) is 29.0 Å². The fourth-order valence-electron chi connectivity index (χ4n) is 6.97. The number of Topliss-reactive ketones (excluding diaryl/α,β-unsaturated/α-hetero) is 1. The third kappa shape index (κ3) is 3.43. The average molecular weight is 399 g/mol. The molecule has 0 saturated heterocycles. The Kier molecular flexibility index (Phi) is 5.56. The lowest BCUT2D eigenvalue weighted by Gasteiger charge is -2.55. The minimum Gasteiger partial charge on any atom is -0.465 e. The van der Waals surface area contributed by atoms with Gasteiger partial charge in [-0.3, -0.25) is 14.4 Å². The highest BCUT2D eigenvalue weighted by atomic mass is 16.5. The van der Waals surface area contributed by atoms with E-state index < -0.39 is 0 Å². The summed E-state index contributed by atoms with van der Waals surface area (Å²) in [6, 6.07) is 0. The molecule has 0 aromatic rings. The maximum atomic E-state index is 12.8. The molecule has 6 unspecified atom stereocenters. The zero-order valence-electron chi connectivity index (χ0n) is 18.0. The van der Waals surface area contributed by atoms with E-state index >= 15 is 0 Å². The number of carbonyl (C=O) groups is 3. The van der Waals surface area contributed by atoms with Crippen LogP contribution in [0.5, 0.6) is 0 Å². The lowest BCUT2D eigenvalue weighted by atomic mass is 9.49. The normalized spacial score (nSPS) is 38.5. The summed E-state index contributed by atoms with van der Waals surface area (Å²) in [4.78, 5) is 36.9. The average Bonchev–Trinajstić information content (AvgIpc) is 3.02. The molecule has 3 saturated carbocycles. The molecular formula is C25H34O4. The zero-order valence-corrected chi connectivity index (χ0v) is 18.0. The summed E-state index contributed by atoms with van der Waals surface area (Å²) in [5.74, 6) is 1.93. The smallest absolute Gasteiger partial charge is 0.305 e. The van der Waals surface area contributed by atoms with Crippen LogP contribution in [0.2, 0.25) is 0 Å². The predicted molar refractivity (Wildman–Crippen MR) is 111 cm³/mol. The number of rotatable bonds is 5. The highest BCUT2D eigenvalue weighted by molar-refractivity contribution is 6.02. The lowest BCUT2D eigenvalue weighted by Crippen LogP contribution is -2.49. The molecule has 4 aliphatic carbocycles. The van der Waals surface area contributed by atoms with Gasteiger partial charge >= 0.3 is 5.97 Å². The van der Waals surface area contributed by atoms with E-state index in [0.717, 1.165) is 38.5 Å². The van der Waals surface area contributed by atoms with E-state index in [1.54, 1.807) is 0 Å². The van der Waals surface area contributed by atoms with Gasteiger partial charge in [-0.25, -0.2) is 0 Å². The molecule has 4 aliphatic rings. The van der Waals surface area contributed by atoms with Crippen LogP contribution in [0.15, 0.2) is 23.3 Å². The molecule has 0 heterocycles. The van der Waals surface area contributed by atoms with Crippen molar-refractivity contribution in [3.05, 3.63) is 23.3 Å². The minimum atomic E-state index is -0.125. The molecule has 4 heteroatoms. The Morgan fingerprint density at radius 3 is 2.76 bits per heavy atom. The van der Waals surface area contributed by atoms with E-state index in [0.29, 0.717) is 43.0 Å². The van der Waals surface area contributed by atoms with Crippen LogP contribution in [0.25, 0.3) is 0 Å². The molecule has 0 radical (unpaired) electrons.